The van der Waals surface area contributed by atoms with E-state index in [0.717, 1.165) is 25.9 Å². The van der Waals surface area contributed by atoms with Gasteiger partial charge in [-0.15, -0.1) is 11.8 Å². The Morgan fingerprint density at radius 2 is 2.18 bits per heavy atom. The van der Waals surface area contributed by atoms with E-state index in [1.54, 1.807) is 11.8 Å². The summed E-state index contributed by atoms with van der Waals surface area (Å²) in [6, 6.07) is 6.89. The molecular formula is C17H25N3OS. The van der Waals surface area contributed by atoms with E-state index in [2.05, 4.69) is 49.2 Å². The lowest BCUT2D eigenvalue weighted by Crippen LogP contribution is -2.48. The number of nitrogens with zero attached hydrogens (tertiary/aromatic N) is 1. The Hall–Kier alpha value is -1.04. The number of carbonyl (C=O) groups excluding carboxylic acids is 1. The molecule has 0 spiro atoms. The maximum Gasteiger partial charge on any atom is 0.241 e. The molecule has 2 N–H and O–H groups in total. The van der Waals surface area contributed by atoms with E-state index >= 15 is 0 Å². The number of carbonyl (C=O) groups is 1. The Kier molecular flexibility index (Phi) is 4.76. The Morgan fingerprint density at radius 3 is 2.86 bits per heavy atom. The van der Waals surface area contributed by atoms with Gasteiger partial charge in [0.2, 0.25) is 5.91 Å². The van der Waals surface area contributed by atoms with Crippen LogP contribution in [-0.2, 0) is 17.8 Å². The van der Waals surface area contributed by atoms with Gasteiger partial charge in [0.1, 0.15) is 6.04 Å². The first-order valence-corrected chi connectivity index (χ1v) is 9.32. The van der Waals surface area contributed by atoms with Crippen LogP contribution in [0.15, 0.2) is 23.1 Å². The molecule has 0 bridgehead atoms. The molecule has 3 atom stereocenters. The average molecular weight is 319 g/mol. The average Bonchev–Trinajstić information content (AvgIpc) is 2.93. The summed E-state index contributed by atoms with van der Waals surface area (Å²) >= 11 is 1.77. The van der Waals surface area contributed by atoms with Crippen LogP contribution in [0.1, 0.15) is 31.4 Å². The normalized spacial score (nSPS) is 27.8. The molecule has 0 aliphatic carbocycles. The first-order chi connectivity index (χ1) is 10.6. The largest absolute Gasteiger partial charge is 0.337 e. The quantitative estimate of drug-likeness (QED) is 0.838. The number of amides is 1. The van der Waals surface area contributed by atoms with Gasteiger partial charge in [-0.25, -0.2) is 5.43 Å². The van der Waals surface area contributed by atoms with Crippen LogP contribution in [0.3, 0.4) is 0 Å². The van der Waals surface area contributed by atoms with Gasteiger partial charge in [-0.2, -0.15) is 0 Å². The molecule has 1 aromatic carbocycles. The van der Waals surface area contributed by atoms with Gasteiger partial charge in [0.05, 0.1) is 0 Å². The summed E-state index contributed by atoms with van der Waals surface area (Å²) in [5, 5.41) is 0. The molecule has 3 rings (SSSR count). The van der Waals surface area contributed by atoms with Gasteiger partial charge in [0, 0.05) is 24.0 Å². The van der Waals surface area contributed by atoms with Crippen molar-refractivity contribution in [1.82, 2.24) is 15.8 Å². The van der Waals surface area contributed by atoms with Gasteiger partial charge in [0.15, 0.2) is 0 Å². The second-order valence-electron chi connectivity index (χ2n) is 6.28. The second kappa shape index (κ2) is 6.60. The lowest BCUT2D eigenvalue weighted by Gasteiger charge is -2.32. The van der Waals surface area contributed by atoms with Crippen molar-refractivity contribution in [1.29, 1.82) is 0 Å². The third-order valence-electron chi connectivity index (χ3n) is 5.03. The second-order valence-corrected chi connectivity index (χ2v) is 7.16. The summed E-state index contributed by atoms with van der Waals surface area (Å²) < 4.78 is 0. The summed E-state index contributed by atoms with van der Waals surface area (Å²) in [5.74, 6) is 0.563. The number of rotatable bonds is 3. The van der Waals surface area contributed by atoms with Gasteiger partial charge in [-0.3, -0.25) is 10.2 Å². The number of benzene rings is 1. The fourth-order valence-corrected chi connectivity index (χ4v) is 3.96. The molecule has 1 saturated heterocycles. The molecular weight excluding hydrogens is 294 g/mol. The van der Waals surface area contributed by atoms with Crippen molar-refractivity contribution in [2.45, 2.75) is 50.2 Å². The molecule has 0 radical (unpaired) electrons. The van der Waals surface area contributed by atoms with E-state index in [-0.39, 0.29) is 11.9 Å². The summed E-state index contributed by atoms with van der Waals surface area (Å²) in [5.41, 5.74) is 9.15. The molecule has 5 heteroatoms. The van der Waals surface area contributed by atoms with Crippen molar-refractivity contribution in [3.63, 3.8) is 0 Å². The minimum absolute atomic E-state index is 0.100. The van der Waals surface area contributed by atoms with E-state index in [0.29, 0.717) is 12.0 Å². The molecule has 0 aromatic heterocycles. The van der Waals surface area contributed by atoms with Crippen molar-refractivity contribution in [2.24, 2.45) is 5.92 Å². The summed E-state index contributed by atoms with van der Waals surface area (Å²) in [7, 11) is 0. The first-order valence-electron chi connectivity index (χ1n) is 8.09. The molecule has 120 valence electrons. The van der Waals surface area contributed by atoms with E-state index in [4.69, 9.17) is 0 Å². The highest BCUT2D eigenvalue weighted by Crippen LogP contribution is 2.26. The lowest BCUT2D eigenvalue weighted by molar-refractivity contribution is -0.135. The van der Waals surface area contributed by atoms with Gasteiger partial charge < -0.3 is 4.90 Å². The number of hydrogen-bond donors (Lipinski definition) is 2. The fourth-order valence-electron chi connectivity index (χ4n) is 3.49. The molecule has 1 aromatic rings. The van der Waals surface area contributed by atoms with E-state index in [9.17, 15) is 4.79 Å². The standard InChI is InChI=1S/C17H25N3OS/c1-4-15-11(2)16(19-18-15)17(21)20-8-7-12-9-14(22-3)6-5-13(12)10-20/h5-6,9,11,15-16,18-19H,4,7-8,10H2,1-3H3. The van der Waals surface area contributed by atoms with E-state index in [1.807, 2.05) is 4.90 Å². The lowest BCUT2D eigenvalue weighted by atomic mass is 9.92. The summed E-state index contributed by atoms with van der Waals surface area (Å²) in [6.07, 6.45) is 4.10. The number of thioether (sulfide) groups is 1. The van der Waals surface area contributed by atoms with Crippen LogP contribution in [0.2, 0.25) is 0 Å². The Labute approximate surface area is 137 Å². The van der Waals surface area contributed by atoms with Gasteiger partial charge in [0.25, 0.3) is 0 Å². The van der Waals surface area contributed by atoms with Gasteiger partial charge in [-0.1, -0.05) is 19.9 Å². The van der Waals surface area contributed by atoms with Crippen LogP contribution in [0.4, 0.5) is 0 Å². The summed E-state index contributed by atoms with van der Waals surface area (Å²) in [6.45, 7) is 5.88. The van der Waals surface area contributed by atoms with Gasteiger partial charge >= 0.3 is 0 Å². The topological polar surface area (TPSA) is 44.4 Å². The highest BCUT2D eigenvalue weighted by Gasteiger charge is 2.38. The minimum atomic E-state index is -0.100. The van der Waals surface area contributed by atoms with Crippen molar-refractivity contribution >= 4 is 17.7 Å². The Balaban J connectivity index is 1.70. The maximum atomic E-state index is 12.8. The SMILES string of the molecule is CCC1NNC(C(=O)N2CCc3cc(SC)ccc3C2)C1C. The molecule has 2 aliphatic rings. The number of hydrogen-bond acceptors (Lipinski definition) is 4. The zero-order valence-corrected chi connectivity index (χ0v) is 14.4. The number of fused-ring (bicyclic) bond motifs is 1. The highest BCUT2D eigenvalue weighted by atomic mass is 32.2. The number of nitrogens with one attached hydrogen (secondary N) is 2. The molecule has 22 heavy (non-hydrogen) atoms. The van der Waals surface area contributed by atoms with Crippen LogP contribution in [0, 0.1) is 5.92 Å². The van der Waals surface area contributed by atoms with E-state index < -0.39 is 0 Å². The van der Waals surface area contributed by atoms with Crippen molar-refractivity contribution in [3.8, 4) is 0 Å². The smallest absolute Gasteiger partial charge is 0.241 e. The predicted octanol–water partition coefficient (Wildman–Crippen LogP) is 2.18. The first kappa shape index (κ1) is 15.8. The third kappa shape index (κ3) is 2.90. The fraction of sp³-hybridized carbons (Fsp3) is 0.588. The number of hydrazine groups is 1. The predicted molar refractivity (Wildman–Crippen MR) is 90.6 cm³/mol. The molecule has 2 heterocycles. The zero-order chi connectivity index (χ0) is 15.7. The third-order valence-corrected chi connectivity index (χ3v) is 5.75. The van der Waals surface area contributed by atoms with Crippen molar-refractivity contribution in [3.05, 3.63) is 29.3 Å². The Bertz CT molecular complexity index is 563. The van der Waals surface area contributed by atoms with Crippen LogP contribution in [0.5, 0.6) is 0 Å². The van der Waals surface area contributed by atoms with Crippen molar-refractivity contribution in [2.75, 3.05) is 12.8 Å². The molecule has 0 saturated carbocycles. The molecule has 1 amide bonds. The molecule has 3 unspecified atom stereocenters. The summed E-state index contributed by atoms with van der Waals surface area (Å²) in [4.78, 5) is 16.1. The minimum Gasteiger partial charge on any atom is -0.337 e. The molecule has 4 nitrogen and oxygen atoms in total. The van der Waals surface area contributed by atoms with Gasteiger partial charge in [-0.05, 0) is 48.3 Å². The van der Waals surface area contributed by atoms with Crippen LogP contribution < -0.4 is 10.9 Å². The van der Waals surface area contributed by atoms with Crippen molar-refractivity contribution < 1.29 is 4.79 Å². The van der Waals surface area contributed by atoms with Crippen LogP contribution in [-0.4, -0.2) is 35.7 Å². The monoisotopic (exact) mass is 319 g/mol. The van der Waals surface area contributed by atoms with Crippen LogP contribution in [0.25, 0.3) is 0 Å². The maximum absolute atomic E-state index is 12.8. The zero-order valence-electron chi connectivity index (χ0n) is 13.6. The highest BCUT2D eigenvalue weighted by molar-refractivity contribution is 7.98. The van der Waals surface area contributed by atoms with Crippen LogP contribution >= 0.6 is 11.8 Å². The Morgan fingerprint density at radius 1 is 1.36 bits per heavy atom. The molecule has 2 aliphatic heterocycles. The molecule has 1 fully saturated rings. The van der Waals surface area contributed by atoms with E-state index in [1.165, 1.54) is 16.0 Å².